The van der Waals surface area contributed by atoms with Gasteiger partial charge in [-0.15, -0.1) is 0 Å². The Balaban J connectivity index is 2.25. The van der Waals surface area contributed by atoms with E-state index in [1.807, 2.05) is 49.4 Å². The molecule has 0 N–H and O–H groups in total. The van der Waals surface area contributed by atoms with E-state index in [1.165, 1.54) is 7.11 Å². The van der Waals surface area contributed by atoms with Gasteiger partial charge in [-0.05, 0) is 48.4 Å². The highest BCUT2D eigenvalue weighted by Gasteiger charge is 2.17. The molecule has 0 spiro atoms. The Morgan fingerprint density at radius 1 is 1.00 bits per heavy atom. The van der Waals surface area contributed by atoms with Crippen molar-refractivity contribution in [2.24, 2.45) is 0 Å². The summed E-state index contributed by atoms with van der Waals surface area (Å²) in [4.78, 5) is 12.7. The predicted octanol–water partition coefficient (Wildman–Crippen LogP) is 4.04. The van der Waals surface area contributed by atoms with E-state index in [0.29, 0.717) is 16.7 Å². The summed E-state index contributed by atoms with van der Waals surface area (Å²) in [6.07, 6.45) is 0.859. The first-order chi connectivity index (χ1) is 11.2. The Morgan fingerprint density at radius 3 is 2.35 bits per heavy atom. The Labute approximate surface area is 134 Å². The number of fused-ring (bicyclic) bond motifs is 1. The third-order valence-corrected chi connectivity index (χ3v) is 3.88. The van der Waals surface area contributed by atoms with Crippen molar-refractivity contribution in [3.05, 3.63) is 58.3 Å². The van der Waals surface area contributed by atoms with Gasteiger partial charge < -0.3 is 13.9 Å². The monoisotopic (exact) mass is 310 g/mol. The Bertz CT molecular complexity index is 892. The van der Waals surface area contributed by atoms with Crippen LogP contribution >= 0.6 is 0 Å². The van der Waals surface area contributed by atoms with Crippen molar-refractivity contribution >= 4 is 11.0 Å². The lowest BCUT2D eigenvalue weighted by molar-refractivity contribution is 0.398. The average molecular weight is 310 g/mol. The summed E-state index contributed by atoms with van der Waals surface area (Å²) in [6.45, 7) is 2.05. The molecule has 1 aromatic heterocycles. The van der Waals surface area contributed by atoms with Crippen molar-refractivity contribution in [1.29, 1.82) is 0 Å². The summed E-state index contributed by atoms with van der Waals surface area (Å²) < 4.78 is 16.4. The highest BCUT2D eigenvalue weighted by Crippen LogP contribution is 2.31. The van der Waals surface area contributed by atoms with Gasteiger partial charge in [-0.1, -0.05) is 13.0 Å². The molecule has 0 aliphatic heterocycles. The summed E-state index contributed by atoms with van der Waals surface area (Å²) in [5.41, 5.74) is 2.25. The zero-order valence-electron chi connectivity index (χ0n) is 13.4. The van der Waals surface area contributed by atoms with Crippen LogP contribution in [0.1, 0.15) is 12.5 Å². The first-order valence-corrected chi connectivity index (χ1v) is 7.46. The number of aryl methyl sites for hydroxylation is 1. The van der Waals surface area contributed by atoms with Gasteiger partial charge in [-0.25, -0.2) is 0 Å². The number of methoxy groups -OCH3 is 2. The van der Waals surface area contributed by atoms with Gasteiger partial charge in [-0.2, -0.15) is 0 Å². The van der Waals surface area contributed by atoms with Crippen LogP contribution in [0.15, 0.2) is 51.7 Å². The molecule has 0 aliphatic rings. The van der Waals surface area contributed by atoms with E-state index in [9.17, 15) is 4.79 Å². The maximum Gasteiger partial charge on any atom is 0.235 e. The normalized spacial score (nSPS) is 10.7. The van der Waals surface area contributed by atoms with Gasteiger partial charge >= 0.3 is 0 Å². The highest BCUT2D eigenvalue weighted by molar-refractivity contribution is 5.82. The molecule has 0 atom stereocenters. The third kappa shape index (κ3) is 2.68. The molecule has 23 heavy (non-hydrogen) atoms. The van der Waals surface area contributed by atoms with E-state index in [1.54, 1.807) is 7.11 Å². The molecule has 0 unspecified atom stereocenters. The van der Waals surface area contributed by atoms with Crippen LogP contribution in [0.25, 0.3) is 22.3 Å². The summed E-state index contributed by atoms with van der Waals surface area (Å²) >= 11 is 0. The molecule has 2 aromatic carbocycles. The SMILES string of the molecule is CCc1ccc2oc(-c3ccc(OC)cc3)c(OC)c(=O)c2c1. The van der Waals surface area contributed by atoms with Crippen LogP contribution in [0.3, 0.4) is 0 Å². The summed E-state index contributed by atoms with van der Waals surface area (Å²) in [5, 5.41) is 0.540. The molecule has 3 rings (SSSR count). The average Bonchev–Trinajstić information content (AvgIpc) is 2.61. The number of hydrogen-bond donors (Lipinski definition) is 0. The predicted molar refractivity (Wildman–Crippen MR) is 90.4 cm³/mol. The molecular weight excluding hydrogens is 292 g/mol. The zero-order valence-corrected chi connectivity index (χ0v) is 13.4. The van der Waals surface area contributed by atoms with Gasteiger partial charge in [0.15, 0.2) is 5.76 Å². The fourth-order valence-corrected chi connectivity index (χ4v) is 2.56. The van der Waals surface area contributed by atoms with Crippen molar-refractivity contribution in [1.82, 2.24) is 0 Å². The van der Waals surface area contributed by atoms with Crippen LogP contribution in [0.2, 0.25) is 0 Å². The summed E-state index contributed by atoms with van der Waals surface area (Å²) in [6, 6.07) is 13.0. The van der Waals surface area contributed by atoms with Crippen molar-refractivity contribution in [2.75, 3.05) is 14.2 Å². The fraction of sp³-hybridized carbons (Fsp3) is 0.211. The van der Waals surface area contributed by atoms with Gasteiger partial charge in [0.05, 0.1) is 19.6 Å². The molecule has 1 heterocycles. The largest absolute Gasteiger partial charge is 0.497 e. The second-order valence-electron chi connectivity index (χ2n) is 5.21. The second-order valence-corrected chi connectivity index (χ2v) is 5.21. The molecule has 0 saturated heterocycles. The second kappa shape index (κ2) is 6.16. The van der Waals surface area contributed by atoms with Crippen LogP contribution in [-0.2, 0) is 6.42 Å². The summed E-state index contributed by atoms with van der Waals surface area (Å²) in [7, 11) is 3.09. The minimum absolute atomic E-state index is 0.158. The third-order valence-electron chi connectivity index (χ3n) is 3.88. The quantitative estimate of drug-likeness (QED) is 0.729. The van der Waals surface area contributed by atoms with Gasteiger partial charge in [0.1, 0.15) is 11.3 Å². The smallest absolute Gasteiger partial charge is 0.235 e. The first kappa shape index (κ1) is 15.2. The molecular formula is C19H18O4. The fourth-order valence-electron chi connectivity index (χ4n) is 2.56. The van der Waals surface area contributed by atoms with Crippen molar-refractivity contribution in [2.45, 2.75) is 13.3 Å². The van der Waals surface area contributed by atoms with Crippen LogP contribution in [0, 0.1) is 0 Å². The molecule has 0 radical (unpaired) electrons. The van der Waals surface area contributed by atoms with E-state index >= 15 is 0 Å². The van der Waals surface area contributed by atoms with Gasteiger partial charge in [0.25, 0.3) is 0 Å². The Hall–Kier alpha value is -2.75. The highest BCUT2D eigenvalue weighted by atomic mass is 16.5. The molecule has 0 bridgehead atoms. The number of rotatable bonds is 4. The van der Waals surface area contributed by atoms with E-state index < -0.39 is 0 Å². The van der Waals surface area contributed by atoms with E-state index in [-0.39, 0.29) is 11.2 Å². The standard InChI is InChI=1S/C19H18O4/c1-4-12-5-10-16-15(11-12)17(20)19(22-3)18(23-16)13-6-8-14(21-2)9-7-13/h5-11H,4H2,1-3H3. The molecule has 4 heteroatoms. The first-order valence-electron chi connectivity index (χ1n) is 7.46. The lowest BCUT2D eigenvalue weighted by atomic mass is 10.1. The molecule has 0 saturated carbocycles. The van der Waals surface area contributed by atoms with Crippen LogP contribution < -0.4 is 14.9 Å². The molecule has 3 aromatic rings. The number of hydrogen-bond acceptors (Lipinski definition) is 4. The lowest BCUT2D eigenvalue weighted by Crippen LogP contribution is -2.08. The van der Waals surface area contributed by atoms with Gasteiger partial charge in [0, 0.05) is 5.56 Å². The summed E-state index contributed by atoms with van der Waals surface area (Å²) in [5.74, 6) is 1.39. The Kier molecular flexibility index (Phi) is 4.06. The molecule has 0 fully saturated rings. The van der Waals surface area contributed by atoms with Crippen molar-refractivity contribution < 1.29 is 13.9 Å². The van der Waals surface area contributed by atoms with E-state index in [0.717, 1.165) is 23.3 Å². The van der Waals surface area contributed by atoms with Crippen molar-refractivity contribution in [3.63, 3.8) is 0 Å². The van der Waals surface area contributed by atoms with E-state index in [2.05, 4.69) is 0 Å². The van der Waals surface area contributed by atoms with Gasteiger partial charge in [-0.3, -0.25) is 4.79 Å². The molecule has 0 aliphatic carbocycles. The molecule has 0 amide bonds. The zero-order chi connectivity index (χ0) is 16.4. The minimum Gasteiger partial charge on any atom is -0.497 e. The van der Waals surface area contributed by atoms with Crippen molar-refractivity contribution in [3.8, 4) is 22.8 Å². The maximum atomic E-state index is 12.7. The van der Waals surface area contributed by atoms with Gasteiger partial charge in [0.2, 0.25) is 11.2 Å². The lowest BCUT2D eigenvalue weighted by Gasteiger charge is -2.10. The maximum absolute atomic E-state index is 12.7. The van der Waals surface area contributed by atoms with E-state index in [4.69, 9.17) is 13.9 Å². The van der Waals surface area contributed by atoms with Crippen LogP contribution in [0.4, 0.5) is 0 Å². The van der Waals surface area contributed by atoms with Crippen LogP contribution in [-0.4, -0.2) is 14.2 Å². The molecule has 118 valence electrons. The van der Waals surface area contributed by atoms with Crippen LogP contribution in [0.5, 0.6) is 11.5 Å². The number of ether oxygens (including phenoxy) is 2. The molecule has 4 nitrogen and oxygen atoms in total. The number of benzene rings is 2. The Morgan fingerprint density at radius 2 is 1.74 bits per heavy atom. The minimum atomic E-state index is -0.158. The topological polar surface area (TPSA) is 48.7 Å².